The van der Waals surface area contributed by atoms with Gasteiger partial charge in [0.25, 0.3) is 0 Å². The van der Waals surface area contributed by atoms with Crippen LogP contribution in [0, 0.1) is 11.3 Å². The maximum atomic E-state index is 13.6. The smallest absolute Gasteiger partial charge is 0.433 e. The van der Waals surface area contributed by atoms with Crippen molar-refractivity contribution >= 4 is 11.9 Å². The van der Waals surface area contributed by atoms with Crippen LogP contribution >= 0.6 is 0 Å². The number of rotatable bonds is 6. The number of nitriles is 1. The number of ether oxygens (including phenoxy) is 2. The van der Waals surface area contributed by atoms with Gasteiger partial charge in [0, 0.05) is 5.69 Å². The zero-order chi connectivity index (χ0) is 24.2. The molecule has 0 radical (unpaired) electrons. The van der Waals surface area contributed by atoms with Crippen molar-refractivity contribution in [1.29, 1.82) is 5.26 Å². The predicted octanol–water partition coefficient (Wildman–Crippen LogP) is 4.73. The molecule has 1 heterocycles. The zero-order valence-corrected chi connectivity index (χ0v) is 17.0. The average molecular weight is 473 g/mol. The van der Waals surface area contributed by atoms with Gasteiger partial charge in [-0.1, -0.05) is 5.16 Å². The number of benzene rings is 2. The van der Waals surface area contributed by atoms with Crippen molar-refractivity contribution in [3.63, 3.8) is 0 Å². The summed E-state index contributed by atoms with van der Waals surface area (Å²) in [6.07, 6.45) is -11.9. The molecule has 3 rings (SSSR count). The Balaban J connectivity index is 1.77. The van der Waals surface area contributed by atoms with Gasteiger partial charge < -0.3 is 19.2 Å². The van der Waals surface area contributed by atoms with Gasteiger partial charge in [0.1, 0.15) is 25.6 Å². The van der Waals surface area contributed by atoms with E-state index in [0.29, 0.717) is 22.3 Å². The topological polar surface area (TPSA) is 67.1 Å². The first-order chi connectivity index (χ1) is 15.5. The highest BCUT2D eigenvalue weighted by atomic mass is 19.4. The van der Waals surface area contributed by atoms with Crippen LogP contribution in [0.3, 0.4) is 0 Å². The van der Waals surface area contributed by atoms with Gasteiger partial charge in [-0.25, -0.2) is 0 Å². The molecular weight excluding hydrogens is 456 g/mol. The van der Waals surface area contributed by atoms with Crippen LogP contribution in [0.2, 0.25) is 0 Å². The average Bonchev–Trinajstić information content (AvgIpc) is 3.21. The molecule has 1 aliphatic heterocycles. The van der Waals surface area contributed by atoms with Gasteiger partial charge in [-0.05, 0) is 48.0 Å². The number of oxime groups is 1. The summed E-state index contributed by atoms with van der Waals surface area (Å²) in [5, 5.41) is 12.5. The van der Waals surface area contributed by atoms with Gasteiger partial charge in [-0.15, -0.1) is 0 Å². The Morgan fingerprint density at radius 3 is 2.42 bits per heavy atom. The third-order valence-electron chi connectivity index (χ3n) is 4.67. The Kier molecular flexibility index (Phi) is 7.02. The molecule has 2 aromatic carbocycles. The minimum atomic E-state index is -4.90. The molecule has 0 N–H and O–H groups in total. The molecule has 0 bridgehead atoms. The minimum absolute atomic E-state index is 0.267. The predicted molar refractivity (Wildman–Crippen MR) is 105 cm³/mol. The van der Waals surface area contributed by atoms with Gasteiger partial charge in [0.15, 0.2) is 0 Å². The van der Waals surface area contributed by atoms with Crippen molar-refractivity contribution in [3.05, 3.63) is 59.2 Å². The Morgan fingerprint density at radius 1 is 1.15 bits per heavy atom. The van der Waals surface area contributed by atoms with Gasteiger partial charge in [0.05, 0.1) is 30.0 Å². The summed E-state index contributed by atoms with van der Waals surface area (Å²) in [6.45, 7) is -0.636. The van der Waals surface area contributed by atoms with E-state index in [0.717, 1.165) is 12.1 Å². The number of nitrogens with zero attached hydrogens (tertiary/aromatic N) is 3. The van der Waals surface area contributed by atoms with E-state index in [1.165, 1.54) is 19.4 Å². The lowest BCUT2D eigenvalue weighted by molar-refractivity contribution is -0.215. The first kappa shape index (κ1) is 24.2. The Labute approximate surface area is 184 Å². The van der Waals surface area contributed by atoms with E-state index in [-0.39, 0.29) is 18.8 Å². The summed E-state index contributed by atoms with van der Waals surface area (Å²) < 4.78 is 91.0. The molecule has 6 nitrogen and oxygen atoms in total. The van der Waals surface area contributed by atoms with Crippen LogP contribution in [0.25, 0.3) is 0 Å². The van der Waals surface area contributed by atoms with Gasteiger partial charge >= 0.3 is 12.4 Å². The normalized spacial score (nSPS) is 19.0. The fourth-order valence-corrected chi connectivity index (χ4v) is 3.20. The van der Waals surface area contributed by atoms with Crippen LogP contribution in [0.5, 0.6) is 5.75 Å². The molecule has 2 atom stereocenters. The fraction of sp³-hybridized carbons (Fsp3) is 0.333. The van der Waals surface area contributed by atoms with Crippen molar-refractivity contribution in [2.24, 2.45) is 5.16 Å². The van der Waals surface area contributed by atoms with Crippen molar-refractivity contribution in [3.8, 4) is 11.8 Å². The third kappa shape index (κ3) is 5.87. The first-order valence-electron chi connectivity index (χ1n) is 9.42. The van der Waals surface area contributed by atoms with Crippen molar-refractivity contribution in [1.82, 2.24) is 0 Å². The van der Waals surface area contributed by atoms with Crippen LogP contribution in [0.4, 0.5) is 32.0 Å². The second kappa shape index (κ2) is 9.58. The van der Waals surface area contributed by atoms with Crippen molar-refractivity contribution in [2.75, 3.05) is 25.2 Å². The highest BCUT2D eigenvalue weighted by molar-refractivity contribution is 5.79. The molecule has 0 aliphatic carbocycles. The van der Waals surface area contributed by atoms with Gasteiger partial charge in [-0.3, -0.25) is 0 Å². The molecular formula is C21H17F6N3O3. The second-order valence-electron chi connectivity index (χ2n) is 6.94. The summed E-state index contributed by atoms with van der Waals surface area (Å²) in [5.41, 5.74) is -1.67. The highest BCUT2D eigenvalue weighted by Crippen LogP contribution is 2.39. The highest BCUT2D eigenvalue weighted by Gasteiger charge is 2.51. The van der Waals surface area contributed by atoms with Crippen molar-refractivity contribution in [2.45, 2.75) is 24.7 Å². The summed E-state index contributed by atoms with van der Waals surface area (Å²) in [6, 6.07) is 10.2. The molecule has 12 heteroatoms. The van der Waals surface area contributed by atoms with E-state index >= 15 is 0 Å². The number of halogens is 6. The van der Waals surface area contributed by atoms with Crippen LogP contribution < -0.4 is 9.64 Å². The second-order valence-corrected chi connectivity index (χ2v) is 6.94. The maximum absolute atomic E-state index is 13.6. The lowest BCUT2D eigenvalue weighted by Crippen LogP contribution is -2.42. The van der Waals surface area contributed by atoms with Gasteiger partial charge in [-0.2, -0.15) is 31.6 Å². The Bertz CT molecular complexity index is 1030. The Morgan fingerprint density at radius 2 is 1.85 bits per heavy atom. The minimum Gasteiger partial charge on any atom is -0.491 e. The molecule has 2 unspecified atom stereocenters. The lowest BCUT2D eigenvalue weighted by atomic mass is 10.1. The molecule has 0 saturated carbocycles. The summed E-state index contributed by atoms with van der Waals surface area (Å²) in [4.78, 5) is 5.24. The van der Waals surface area contributed by atoms with Crippen LogP contribution in [-0.4, -0.2) is 45.0 Å². The largest absolute Gasteiger partial charge is 0.491 e. The SMILES string of the molecule is CO/N=C/c1ccc(OCC2CN(c3ccc(C#N)c(C(F)(F)F)c3)C(C(F)(F)F)O2)cc1. The molecule has 33 heavy (non-hydrogen) atoms. The van der Waals surface area contributed by atoms with Crippen LogP contribution in [0.1, 0.15) is 16.7 Å². The molecule has 1 aliphatic rings. The molecule has 1 fully saturated rings. The summed E-state index contributed by atoms with van der Waals surface area (Å²) >= 11 is 0. The fourth-order valence-electron chi connectivity index (χ4n) is 3.20. The van der Waals surface area contributed by atoms with E-state index in [9.17, 15) is 26.3 Å². The van der Waals surface area contributed by atoms with E-state index in [1.54, 1.807) is 24.3 Å². The Hall–Kier alpha value is -3.46. The number of hydrogen-bond acceptors (Lipinski definition) is 6. The van der Waals surface area contributed by atoms with E-state index in [1.807, 2.05) is 0 Å². The van der Waals surface area contributed by atoms with E-state index in [2.05, 4.69) is 9.99 Å². The summed E-state index contributed by atoms with van der Waals surface area (Å²) in [7, 11) is 1.38. The number of alkyl halides is 6. The van der Waals surface area contributed by atoms with E-state index in [4.69, 9.17) is 14.7 Å². The molecule has 2 aromatic rings. The standard InChI is InChI=1S/C21H17F6N3O3/c1-31-29-10-13-2-6-16(7-3-13)32-12-17-11-30(19(33-17)21(25,26)27)15-5-4-14(9-28)18(8-15)20(22,23)24/h2-8,10,17,19H,11-12H2,1H3/b29-10+. The molecule has 176 valence electrons. The molecule has 0 amide bonds. The quantitative estimate of drug-likeness (QED) is 0.345. The van der Waals surface area contributed by atoms with Crippen LogP contribution in [-0.2, 0) is 15.8 Å². The zero-order valence-electron chi connectivity index (χ0n) is 17.0. The lowest BCUT2D eigenvalue weighted by Gasteiger charge is -2.27. The number of anilines is 1. The molecule has 0 spiro atoms. The van der Waals surface area contributed by atoms with Crippen molar-refractivity contribution < 1.29 is 40.7 Å². The molecule has 0 aromatic heterocycles. The van der Waals surface area contributed by atoms with E-state index < -0.39 is 35.8 Å². The number of hydrogen-bond donors (Lipinski definition) is 0. The monoisotopic (exact) mass is 473 g/mol. The maximum Gasteiger partial charge on any atom is 0.433 e. The third-order valence-corrected chi connectivity index (χ3v) is 4.67. The van der Waals surface area contributed by atoms with Crippen LogP contribution in [0.15, 0.2) is 47.6 Å². The summed E-state index contributed by atoms with van der Waals surface area (Å²) in [5.74, 6) is 0.355. The molecule has 1 saturated heterocycles. The first-order valence-corrected chi connectivity index (χ1v) is 9.42. The van der Waals surface area contributed by atoms with Gasteiger partial charge in [0.2, 0.25) is 6.23 Å².